The highest BCUT2D eigenvalue weighted by Gasteiger charge is 2.70. The Bertz CT molecular complexity index is 3200. The maximum Gasteiger partial charge on any atom is 0.252 e. The van der Waals surface area contributed by atoms with Gasteiger partial charge in [0.1, 0.15) is 0 Å². The highest BCUT2D eigenvalue weighted by atomic mass is 15.3. The molecule has 3 aliphatic heterocycles. The molecule has 3 heterocycles. The van der Waals surface area contributed by atoms with Crippen molar-refractivity contribution < 1.29 is 0 Å². The molecule has 0 aromatic heterocycles. The van der Waals surface area contributed by atoms with Crippen LogP contribution in [0.5, 0.6) is 0 Å². The Balaban J connectivity index is 1.32. The summed E-state index contributed by atoms with van der Waals surface area (Å²) in [4.78, 5) is 8.25. The van der Waals surface area contributed by atoms with Crippen LogP contribution in [0.2, 0.25) is 0 Å². The minimum absolute atomic E-state index is 0.0160. The van der Waals surface area contributed by atoms with Crippen LogP contribution in [0, 0.1) is 10.8 Å². The molecule has 0 amide bonds. The fourth-order valence-electron chi connectivity index (χ4n) is 14.7. The van der Waals surface area contributed by atoms with Crippen molar-refractivity contribution in [1.82, 2.24) is 0 Å². The van der Waals surface area contributed by atoms with Crippen molar-refractivity contribution >= 4 is 68.6 Å². The minimum Gasteiger partial charge on any atom is -0.334 e. The van der Waals surface area contributed by atoms with Crippen molar-refractivity contribution in [3.05, 3.63) is 149 Å². The maximum atomic E-state index is 2.88. The number of benzene rings is 6. The van der Waals surface area contributed by atoms with E-state index in [1.165, 1.54) is 115 Å². The van der Waals surface area contributed by atoms with E-state index in [0.29, 0.717) is 0 Å². The lowest BCUT2D eigenvalue weighted by Crippen LogP contribution is -2.69. The molecule has 6 aromatic rings. The molecule has 0 saturated heterocycles. The average Bonchev–Trinajstić information content (AvgIpc) is 3.53. The molecular formula is C68H84BN3. The predicted molar refractivity (Wildman–Crippen MR) is 313 cm³/mol. The Morgan fingerprint density at radius 3 is 1.51 bits per heavy atom. The third kappa shape index (κ3) is 6.74. The Labute approximate surface area is 435 Å². The summed E-state index contributed by atoms with van der Waals surface area (Å²) in [5, 5.41) is 0. The smallest absolute Gasteiger partial charge is 0.252 e. The second-order valence-electron chi connectivity index (χ2n) is 29.2. The summed E-state index contributed by atoms with van der Waals surface area (Å²) in [7, 11) is 0. The monoisotopic (exact) mass is 954 g/mol. The number of para-hydroxylation sites is 1. The zero-order chi connectivity index (χ0) is 51.9. The van der Waals surface area contributed by atoms with E-state index in [9.17, 15) is 0 Å². The van der Waals surface area contributed by atoms with Crippen molar-refractivity contribution in [2.75, 3.05) is 14.7 Å². The Morgan fingerprint density at radius 1 is 0.389 bits per heavy atom. The normalized spacial score (nSPS) is 23.2. The van der Waals surface area contributed by atoms with E-state index in [1.807, 2.05) is 0 Å². The third-order valence-corrected chi connectivity index (χ3v) is 20.2. The van der Waals surface area contributed by atoms with Crippen LogP contribution in [-0.4, -0.2) is 12.3 Å². The topological polar surface area (TPSA) is 9.72 Å². The van der Waals surface area contributed by atoms with Gasteiger partial charge in [-0.25, -0.2) is 0 Å². The van der Waals surface area contributed by atoms with Crippen LogP contribution in [-0.2, 0) is 32.5 Å². The fraction of sp³-hybridized carbons (Fsp3) is 0.471. The van der Waals surface area contributed by atoms with Gasteiger partial charge in [0, 0.05) is 50.9 Å². The molecule has 3 nitrogen and oxygen atoms in total. The number of anilines is 8. The van der Waals surface area contributed by atoms with E-state index in [-0.39, 0.29) is 55.6 Å². The summed E-state index contributed by atoms with van der Waals surface area (Å²) in [5.41, 5.74) is 22.5. The molecule has 72 heavy (non-hydrogen) atoms. The number of fused-ring (bicyclic) bond motifs is 8. The van der Waals surface area contributed by atoms with Gasteiger partial charge in [0.05, 0.1) is 5.54 Å². The van der Waals surface area contributed by atoms with E-state index in [1.54, 1.807) is 0 Å². The summed E-state index contributed by atoms with van der Waals surface area (Å²) < 4.78 is 0. The van der Waals surface area contributed by atoms with E-state index in [0.717, 1.165) is 6.42 Å². The first kappa shape index (κ1) is 49.0. The van der Waals surface area contributed by atoms with Gasteiger partial charge in [-0.05, 0) is 175 Å². The average molecular weight is 954 g/mol. The van der Waals surface area contributed by atoms with Crippen LogP contribution >= 0.6 is 0 Å². The Kier molecular flexibility index (Phi) is 10.3. The summed E-state index contributed by atoms with van der Waals surface area (Å²) in [6, 6.07) is 46.6. The van der Waals surface area contributed by atoms with Crippen LogP contribution < -0.4 is 31.1 Å². The van der Waals surface area contributed by atoms with Crippen molar-refractivity contribution in [3.63, 3.8) is 0 Å². The van der Waals surface area contributed by atoms with E-state index in [2.05, 4.69) is 262 Å². The van der Waals surface area contributed by atoms with Gasteiger partial charge in [-0.2, -0.15) is 0 Å². The third-order valence-electron chi connectivity index (χ3n) is 20.2. The number of nitrogens with zero attached hydrogens (tertiary/aromatic N) is 3. The van der Waals surface area contributed by atoms with Crippen LogP contribution in [0.3, 0.4) is 0 Å². The van der Waals surface area contributed by atoms with Gasteiger partial charge >= 0.3 is 0 Å². The number of hydrogen-bond acceptors (Lipinski definition) is 3. The molecule has 1 fully saturated rings. The number of rotatable bonds is 3. The summed E-state index contributed by atoms with van der Waals surface area (Å²) >= 11 is 0. The first-order chi connectivity index (χ1) is 33.3. The molecule has 2 aliphatic carbocycles. The van der Waals surface area contributed by atoms with Gasteiger partial charge < -0.3 is 14.7 Å². The van der Waals surface area contributed by atoms with E-state index >= 15 is 0 Å². The molecule has 0 bridgehead atoms. The summed E-state index contributed by atoms with van der Waals surface area (Å²) in [5.74, 6) is 0. The second kappa shape index (κ2) is 15.2. The van der Waals surface area contributed by atoms with Crippen molar-refractivity contribution in [2.24, 2.45) is 10.8 Å². The standard InChI is InChI=1S/C68H84BN3/c1-60(2,3)43-24-23-27-47(36-43)71-55-38-45(62(7,8)9)28-30-52(55)69-53-41-49-50(64(12,13)33-32-63(49,10)11)42-56(53)70(46-25-21-20-22-26-46)57-39-48(40-58(71)59(57)69)72-54-31-29-44(61(4,5)6)37-51(54)67(18)65(14,15)34-35-66(16,17)68(67,72)19/h20-31,36-42H,32-35H2,1-19H3. The lowest BCUT2D eigenvalue weighted by Gasteiger charge is -2.65. The maximum absolute atomic E-state index is 2.88. The van der Waals surface area contributed by atoms with Crippen molar-refractivity contribution in [2.45, 2.75) is 195 Å². The van der Waals surface area contributed by atoms with Crippen molar-refractivity contribution in [3.8, 4) is 0 Å². The van der Waals surface area contributed by atoms with E-state index < -0.39 is 0 Å². The molecule has 374 valence electrons. The second-order valence-corrected chi connectivity index (χ2v) is 29.2. The molecule has 2 atom stereocenters. The molecule has 2 unspecified atom stereocenters. The van der Waals surface area contributed by atoms with Gasteiger partial charge in [0.25, 0.3) is 6.71 Å². The zero-order valence-corrected chi connectivity index (χ0v) is 47.7. The first-order valence-electron chi connectivity index (χ1n) is 27.6. The van der Waals surface area contributed by atoms with Crippen LogP contribution in [0.4, 0.5) is 45.5 Å². The summed E-state index contributed by atoms with van der Waals surface area (Å²) in [6.45, 7) is 46.9. The molecule has 1 saturated carbocycles. The van der Waals surface area contributed by atoms with Gasteiger partial charge in [-0.15, -0.1) is 0 Å². The van der Waals surface area contributed by atoms with Gasteiger partial charge in [-0.1, -0.05) is 185 Å². The lowest BCUT2D eigenvalue weighted by atomic mass is 9.33. The van der Waals surface area contributed by atoms with Crippen molar-refractivity contribution in [1.29, 1.82) is 0 Å². The Hall–Kier alpha value is -5.22. The summed E-state index contributed by atoms with van der Waals surface area (Å²) in [6.07, 6.45) is 4.67. The SMILES string of the molecule is CC(C)(C)c1cccc(N2c3cc(C(C)(C)C)ccc3B3c4cc5c(cc4N(c4ccccc4)c4cc(N6c7ccc(C(C)(C)C)cc7C7(C)C(C)(C)CCC(C)(C)C67C)cc2c43)C(C)(C)CCC5(C)C)c1. The molecule has 0 spiro atoms. The van der Waals surface area contributed by atoms with Gasteiger partial charge in [0.2, 0.25) is 0 Å². The Morgan fingerprint density at radius 2 is 0.903 bits per heavy atom. The molecule has 4 heteroatoms. The lowest BCUT2D eigenvalue weighted by molar-refractivity contribution is -0.0415. The van der Waals surface area contributed by atoms with Crippen LogP contribution in [0.25, 0.3) is 0 Å². The molecule has 0 radical (unpaired) electrons. The van der Waals surface area contributed by atoms with Crippen LogP contribution in [0.15, 0.2) is 115 Å². The first-order valence-corrected chi connectivity index (χ1v) is 27.6. The molecule has 11 rings (SSSR count). The molecule has 0 N–H and O–H groups in total. The predicted octanol–water partition coefficient (Wildman–Crippen LogP) is 17.0. The molecule has 5 aliphatic rings. The quantitative estimate of drug-likeness (QED) is 0.163. The minimum atomic E-state index is -0.289. The fourth-order valence-corrected chi connectivity index (χ4v) is 14.7. The molecule has 6 aromatic carbocycles. The highest BCUT2D eigenvalue weighted by molar-refractivity contribution is 7.00. The number of hydrogen-bond donors (Lipinski definition) is 0. The molecular weight excluding hydrogens is 870 g/mol. The largest absolute Gasteiger partial charge is 0.334 e. The zero-order valence-electron chi connectivity index (χ0n) is 47.7. The van der Waals surface area contributed by atoms with Gasteiger partial charge in [-0.3, -0.25) is 0 Å². The van der Waals surface area contributed by atoms with Crippen LogP contribution in [0.1, 0.15) is 191 Å². The van der Waals surface area contributed by atoms with E-state index in [4.69, 9.17) is 0 Å². The highest BCUT2D eigenvalue weighted by Crippen LogP contribution is 2.72. The van der Waals surface area contributed by atoms with Gasteiger partial charge in [0.15, 0.2) is 0 Å².